The normalized spacial score (nSPS) is 14.3. The lowest BCUT2D eigenvalue weighted by atomic mass is 10.0. The van der Waals surface area contributed by atoms with Crippen LogP contribution in [0.1, 0.15) is 298 Å². The second-order valence-corrected chi connectivity index (χ2v) is 25.1. The van der Waals surface area contributed by atoms with Gasteiger partial charge in [-0.25, -0.2) is 9.13 Å². The summed E-state index contributed by atoms with van der Waals surface area (Å²) < 4.78 is 67.6. The Bertz CT molecular complexity index is 1550. The van der Waals surface area contributed by atoms with Crippen LogP contribution in [-0.2, 0) is 65.4 Å². The van der Waals surface area contributed by atoms with Crippen LogP contribution in [-0.4, -0.2) is 96.7 Å². The van der Waals surface area contributed by atoms with Gasteiger partial charge in [-0.3, -0.25) is 37.3 Å². The van der Waals surface area contributed by atoms with Gasteiger partial charge in [-0.15, -0.1) is 0 Å². The van der Waals surface area contributed by atoms with E-state index in [4.69, 9.17) is 37.0 Å². The van der Waals surface area contributed by atoms with Crippen molar-refractivity contribution in [1.82, 2.24) is 0 Å². The Balaban J connectivity index is 5.15. The van der Waals surface area contributed by atoms with Crippen LogP contribution >= 0.6 is 15.6 Å². The summed E-state index contributed by atoms with van der Waals surface area (Å²) in [6.07, 6.45) is 36.4. The smallest absolute Gasteiger partial charge is 0.462 e. The van der Waals surface area contributed by atoms with Gasteiger partial charge >= 0.3 is 39.5 Å². The molecule has 0 aromatic rings. The van der Waals surface area contributed by atoms with Crippen LogP contribution in [0.4, 0.5) is 0 Å². The van der Waals surface area contributed by atoms with Gasteiger partial charge in [0.1, 0.15) is 19.3 Å². The number of hydrogen-bond acceptors (Lipinski definition) is 15. The molecule has 79 heavy (non-hydrogen) atoms. The highest BCUT2D eigenvalue weighted by molar-refractivity contribution is 7.47. The summed E-state index contributed by atoms with van der Waals surface area (Å²) in [4.78, 5) is 71.7. The van der Waals surface area contributed by atoms with Gasteiger partial charge in [-0.2, -0.15) is 0 Å². The zero-order valence-electron chi connectivity index (χ0n) is 50.5. The number of rotatable bonds is 60. The molecule has 19 heteroatoms. The Kier molecular flexibility index (Phi) is 52.7. The average Bonchev–Trinajstić information content (AvgIpc) is 3.41. The van der Waals surface area contributed by atoms with E-state index in [1.54, 1.807) is 0 Å². The average molecular weight is 1170 g/mol. The summed E-state index contributed by atoms with van der Waals surface area (Å²) in [6, 6.07) is 0. The molecule has 0 radical (unpaired) electrons. The summed E-state index contributed by atoms with van der Waals surface area (Å²) in [5, 5.41) is 10.5. The van der Waals surface area contributed by atoms with Crippen molar-refractivity contribution in [3.63, 3.8) is 0 Å². The standard InChI is InChI=1S/C60H116O17P2/c1-6-9-12-15-18-24-30-34-39-44-58(63)71-50-56(77-60(65)46-41-36-31-26-23-21-19-20-22-25-29-32-37-42-53(4)5)52-75-79(68,69)73-48-54(61)47-72-78(66,67)74-51-55(76-59(64)45-40-35-28-17-14-11-8-3)49-70-57(62)43-38-33-27-16-13-10-7-2/h53-56,61H,6-52H2,1-5H3,(H,66,67)(H,68,69)/t54-,55+,56+/m0/s1. The van der Waals surface area contributed by atoms with Crippen molar-refractivity contribution in [3.8, 4) is 0 Å². The number of phosphoric acid groups is 2. The molecule has 0 bridgehead atoms. The number of esters is 4. The van der Waals surface area contributed by atoms with Crippen molar-refractivity contribution in [2.45, 2.75) is 316 Å². The molecule has 0 aliphatic carbocycles. The van der Waals surface area contributed by atoms with Crippen molar-refractivity contribution in [2.75, 3.05) is 39.6 Å². The van der Waals surface area contributed by atoms with E-state index in [0.29, 0.717) is 25.7 Å². The maximum Gasteiger partial charge on any atom is 0.472 e. The minimum Gasteiger partial charge on any atom is -0.462 e. The van der Waals surface area contributed by atoms with Crippen LogP contribution in [0, 0.1) is 5.92 Å². The van der Waals surface area contributed by atoms with Crippen molar-refractivity contribution in [1.29, 1.82) is 0 Å². The van der Waals surface area contributed by atoms with Crippen LogP contribution in [0.5, 0.6) is 0 Å². The largest absolute Gasteiger partial charge is 0.472 e. The lowest BCUT2D eigenvalue weighted by molar-refractivity contribution is -0.161. The number of unbranched alkanes of at least 4 members (excludes halogenated alkanes) is 32. The highest BCUT2D eigenvalue weighted by Gasteiger charge is 2.30. The first-order chi connectivity index (χ1) is 38.0. The second-order valence-electron chi connectivity index (χ2n) is 22.2. The molecule has 0 saturated carbocycles. The Morgan fingerprint density at radius 3 is 0.861 bits per heavy atom. The van der Waals surface area contributed by atoms with Crippen LogP contribution in [0.25, 0.3) is 0 Å². The molecule has 5 atom stereocenters. The summed E-state index contributed by atoms with van der Waals surface area (Å²) in [7, 11) is -9.87. The number of ether oxygens (including phenoxy) is 4. The molecule has 0 heterocycles. The highest BCUT2D eigenvalue weighted by Crippen LogP contribution is 2.45. The third-order valence-electron chi connectivity index (χ3n) is 13.8. The van der Waals surface area contributed by atoms with E-state index >= 15 is 0 Å². The fourth-order valence-corrected chi connectivity index (χ4v) is 10.5. The number of hydrogen-bond donors (Lipinski definition) is 3. The summed E-state index contributed by atoms with van der Waals surface area (Å²) in [5.74, 6) is -1.36. The number of phosphoric ester groups is 2. The van der Waals surface area contributed by atoms with Crippen molar-refractivity contribution >= 4 is 39.5 Å². The monoisotopic (exact) mass is 1170 g/mol. The molecule has 0 fully saturated rings. The van der Waals surface area contributed by atoms with E-state index in [1.165, 1.54) is 96.3 Å². The zero-order valence-corrected chi connectivity index (χ0v) is 52.3. The molecule has 468 valence electrons. The molecule has 0 saturated heterocycles. The number of carbonyl (C=O) groups is 4. The van der Waals surface area contributed by atoms with Crippen molar-refractivity contribution in [2.24, 2.45) is 5.92 Å². The minimum absolute atomic E-state index is 0.103. The van der Waals surface area contributed by atoms with E-state index in [1.807, 2.05) is 0 Å². The molecule has 0 amide bonds. The van der Waals surface area contributed by atoms with Gasteiger partial charge in [0.15, 0.2) is 12.2 Å². The predicted molar refractivity (Wildman–Crippen MR) is 312 cm³/mol. The van der Waals surface area contributed by atoms with Crippen LogP contribution in [0.3, 0.4) is 0 Å². The first-order valence-corrected chi connectivity index (χ1v) is 34.6. The molecule has 0 aliphatic heterocycles. The Morgan fingerprint density at radius 2 is 0.582 bits per heavy atom. The summed E-state index contributed by atoms with van der Waals surface area (Å²) in [6.45, 7) is 7.08. The van der Waals surface area contributed by atoms with Gasteiger partial charge in [-0.1, -0.05) is 247 Å². The Morgan fingerprint density at radius 1 is 0.342 bits per heavy atom. The highest BCUT2D eigenvalue weighted by atomic mass is 31.2. The molecule has 0 aliphatic rings. The summed E-state index contributed by atoms with van der Waals surface area (Å²) in [5.41, 5.74) is 0. The maximum atomic E-state index is 12.9. The zero-order chi connectivity index (χ0) is 58.5. The van der Waals surface area contributed by atoms with E-state index < -0.39 is 97.5 Å². The number of aliphatic hydroxyl groups is 1. The van der Waals surface area contributed by atoms with Crippen LogP contribution in [0.2, 0.25) is 0 Å². The van der Waals surface area contributed by atoms with Gasteiger partial charge in [-0.05, 0) is 31.6 Å². The molecule has 2 unspecified atom stereocenters. The molecule has 0 spiro atoms. The van der Waals surface area contributed by atoms with Gasteiger partial charge in [0.2, 0.25) is 0 Å². The first-order valence-electron chi connectivity index (χ1n) is 31.6. The fraction of sp³-hybridized carbons (Fsp3) is 0.933. The lowest BCUT2D eigenvalue weighted by Gasteiger charge is -2.21. The quantitative estimate of drug-likeness (QED) is 0.0222. The third kappa shape index (κ3) is 55.0. The van der Waals surface area contributed by atoms with E-state index in [9.17, 15) is 43.2 Å². The topological polar surface area (TPSA) is 237 Å². The Labute approximate surface area is 479 Å². The molecule has 3 N–H and O–H groups in total. The van der Waals surface area contributed by atoms with E-state index in [-0.39, 0.29) is 25.7 Å². The predicted octanol–water partition coefficient (Wildman–Crippen LogP) is 16.2. The van der Waals surface area contributed by atoms with Crippen LogP contribution in [0.15, 0.2) is 0 Å². The summed E-state index contributed by atoms with van der Waals surface area (Å²) >= 11 is 0. The van der Waals surface area contributed by atoms with E-state index in [0.717, 1.165) is 121 Å². The van der Waals surface area contributed by atoms with Gasteiger partial charge in [0, 0.05) is 25.7 Å². The molecule has 17 nitrogen and oxygen atoms in total. The van der Waals surface area contributed by atoms with Crippen molar-refractivity contribution in [3.05, 3.63) is 0 Å². The number of carbonyl (C=O) groups excluding carboxylic acids is 4. The molecule has 0 aromatic carbocycles. The fourth-order valence-electron chi connectivity index (χ4n) is 8.88. The molecular formula is C60H116O17P2. The maximum absolute atomic E-state index is 12.9. The molecule has 0 aromatic heterocycles. The molecular weight excluding hydrogens is 1050 g/mol. The second kappa shape index (κ2) is 54.0. The first kappa shape index (κ1) is 77.1. The lowest BCUT2D eigenvalue weighted by Crippen LogP contribution is -2.30. The SMILES string of the molecule is CCCCCCCCCCCC(=O)OC[C@H](COP(=O)(O)OC[C@@H](O)COP(=O)(O)OC[C@@H](COC(=O)CCCCCCCCC)OC(=O)CCCCCCCCC)OC(=O)CCCCCCCCCCCCCCCC(C)C. The van der Waals surface area contributed by atoms with Crippen molar-refractivity contribution < 1.29 is 80.2 Å². The number of aliphatic hydroxyl groups excluding tert-OH is 1. The minimum atomic E-state index is -4.94. The van der Waals surface area contributed by atoms with Gasteiger partial charge in [0.25, 0.3) is 0 Å². The van der Waals surface area contributed by atoms with Crippen LogP contribution < -0.4 is 0 Å². The molecule has 0 rings (SSSR count). The van der Waals surface area contributed by atoms with Gasteiger partial charge in [0.05, 0.1) is 26.4 Å². The van der Waals surface area contributed by atoms with E-state index in [2.05, 4.69) is 34.6 Å². The third-order valence-corrected chi connectivity index (χ3v) is 15.7. The van der Waals surface area contributed by atoms with Gasteiger partial charge < -0.3 is 33.8 Å². The Hall–Kier alpha value is -1.94.